The van der Waals surface area contributed by atoms with Gasteiger partial charge >= 0.3 is 0 Å². The van der Waals surface area contributed by atoms with Crippen LogP contribution in [0, 0.1) is 0 Å². The summed E-state index contributed by atoms with van der Waals surface area (Å²) in [5, 5.41) is 6.56. The van der Waals surface area contributed by atoms with Crippen molar-refractivity contribution >= 4 is 11.9 Å². The molecule has 1 amide bonds. The number of guanidine groups is 1. The Bertz CT molecular complexity index is 565. The largest absolute Gasteiger partial charge is 0.373 e. The van der Waals surface area contributed by atoms with Gasteiger partial charge in [0.2, 0.25) is 5.91 Å². The van der Waals surface area contributed by atoms with E-state index in [-0.39, 0.29) is 5.60 Å². The second-order valence-corrected chi connectivity index (χ2v) is 6.02. The number of primary amides is 1. The molecule has 6 nitrogen and oxygen atoms in total. The summed E-state index contributed by atoms with van der Waals surface area (Å²) in [6.45, 7) is 6.95. The Morgan fingerprint density at radius 3 is 2.91 bits per heavy atom. The SMILES string of the molecule is CCNC(=NCc1cccc(C(N)=O)c1)NCC1(C)CCCO1. The highest BCUT2D eigenvalue weighted by molar-refractivity contribution is 5.92. The minimum absolute atomic E-state index is 0.123. The first-order valence-corrected chi connectivity index (χ1v) is 8.07. The first-order chi connectivity index (χ1) is 11.0. The molecule has 0 saturated carbocycles. The molecule has 1 aliphatic rings. The first-order valence-electron chi connectivity index (χ1n) is 8.07. The molecule has 0 bridgehead atoms. The van der Waals surface area contributed by atoms with Crippen LogP contribution in [0.2, 0.25) is 0 Å². The average molecular weight is 318 g/mol. The van der Waals surface area contributed by atoms with Gasteiger partial charge in [-0.15, -0.1) is 0 Å². The van der Waals surface area contributed by atoms with E-state index in [9.17, 15) is 4.79 Å². The van der Waals surface area contributed by atoms with Gasteiger partial charge in [0.1, 0.15) is 0 Å². The van der Waals surface area contributed by atoms with Crippen molar-refractivity contribution in [1.82, 2.24) is 10.6 Å². The van der Waals surface area contributed by atoms with Crippen LogP contribution in [-0.4, -0.2) is 37.2 Å². The summed E-state index contributed by atoms with van der Waals surface area (Å²) in [5.41, 5.74) is 6.63. The summed E-state index contributed by atoms with van der Waals surface area (Å²) < 4.78 is 5.78. The van der Waals surface area contributed by atoms with E-state index in [0.717, 1.165) is 44.1 Å². The molecule has 1 aromatic rings. The van der Waals surface area contributed by atoms with Crippen LogP contribution in [0.25, 0.3) is 0 Å². The minimum atomic E-state index is -0.424. The standard InChI is InChI=1S/C17H26N4O2/c1-3-19-16(21-12-17(2)8-5-9-23-17)20-11-13-6-4-7-14(10-13)15(18)22/h4,6-7,10H,3,5,8-9,11-12H2,1-2H3,(H2,18,22)(H2,19,20,21). The lowest BCUT2D eigenvalue weighted by atomic mass is 10.0. The zero-order valence-electron chi connectivity index (χ0n) is 13.9. The third-order valence-corrected chi connectivity index (χ3v) is 3.91. The zero-order chi connectivity index (χ0) is 16.7. The highest BCUT2D eigenvalue weighted by Gasteiger charge is 2.29. The van der Waals surface area contributed by atoms with Crippen LogP contribution >= 0.6 is 0 Å². The Balaban J connectivity index is 1.97. The maximum absolute atomic E-state index is 11.2. The van der Waals surface area contributed by atoms with Crippen LogP contribution in [-0.2, 0) is 11.3 Å². The van der Waals surface area contributed by atoms with E-state index in [1.807, 2.05) is 19.1 Å². The van der Waals surface area contributed by atoms with Crippen LogP contribution in [0.5, 0.6) is 0 Å². The molecule has 0 aliphatic carbocycles. The molecule has 1 fully saturated rings. The predicted molar refractivity (Wildman–Crippen MR) is 91.4 cm³/mol. The number of amides is 1. The molecule has 0 aromatic heterocycles. The maximum Gasteiger partial charge on any atom is 0.248 e. The molecule has 1 unspecified atom stereocenters. The number of ether oxygens (including phenoxy) is 1. The Hall–Kier alpha value is -2.08. The normalized spacial score (nSPS) is 21.2. The Labute approximate surface area is 137 Å². The van der Waals surface area contributed by atoms with E-state index in [1.54, 1.807) is 12.1 Å². The molecular weight excluding hydrogens is 292 g/mol. The number of hydrogen-bond acceptors (Lipinski definition) is 3. The topological polar surface area (TPSA) is 88.7 Å². The van der Waals surface area contributed by atoms with Gasteiger partial charge in [-0.1, -0.05) is 12.1 Å². The Kier molecular flexibility index (Phi) is 5.98. The predicted octanol–water partition coefficient (Wildman–Crippen LogP) is 1.41. The summed E-state index contributed by atoms with van der Waals surface area (Å²) in [7, 11) is 0. The van der Waals surface area contributed by atoms with Crippen molar-refractivity contribution in [3.05, 3.63) is 35.4 Å². The number of nitrogens with one attached hydrogen (secondary N) is 2. The Morgan fingerprint density at radius 2 is 2.26 bits per heavy atom. The Morgan fingerprint density at radius 1 is 1.43 bits per heavy atom. The number of carbonyl (C=O) groups excluding carboxylic acids is 1. The van der Waals surface area contributed by atoms with E-state index in [1.165, 1.54) is 0 Å². The highest BCUT2D eigenvalue weighted by atomic mass is 16.5. The van der Waals surface area contributed by atoms with Gasteiger partial charge in [0, 0.05) is 25.3 Å². The first kappa shape index (κ1) is 17.3. The molecule has 1 atom stereocenters. The van der Waals surface area contributed by atoms with Crippen LogP contribution in [0.15, 0.2) is 29.3 Å². The fourth-order valence-electron chi connectivity index (χ4n) is 2.58. The molecule has 23 heavy (non-hydrogen) atoms. The van der Waals surface area contributed by atoms with Crippen LogP contribution in [0.1, 0.15) is 42.6 Å². The smallest absolute Gasteiger partial charge is 0.248 e. The lowest BCUT2D eigenvalue weighted by molar-refractivity contribution is 0.0243. The van der Waals surface area contributed by atoms with Crippen molar-refractivity contribution in [3.8, 4) is 0 Å². The molecule has 1 aliphatic heterocycles. The number of nitrogens with two attached hydrogens (primary N) is 1. The van der Waals surface area contributed by atoms with Crippen molar-refractivity contribution < 1.29 is 9.53 Å². The number of benzene rings is 1. The second kappa shape index (κ2) is 7.97. The quantitative estimate of drug-likeness (QED) is 0.546. The van der Waals surface area contributed by atoms with Crippen molar-refractivity contribution in [1.29, 1.82) is 0 Å². The molecule has 4 N–H and O–H groups in total. The van der Waals surface area contributed by atoms with Gasteiger partial charge < -0.3 is 21.1 Å². The average Bonchev–Trinajstić information content (AvgIpc) is 2.97. The lowest BCUT2D eigenvalue weighted by Crippen LogP contribution is -2.45. The van der Waals surface area contributed by atoms with Gasteiger partial charge in [-0.05, 0) is 44.4 Å². The summed E-state index contributed by atoms with van der Waals surface area (Å²) in [6.07, 6.45) is 2.16. The molecule has 126 valence electrons. The van der Waals surface area contributed by atoms with Crippen LogP contribution < -0.4 is 16.4 Å². The van der Waals surface area contributed by atoms with Crippen molar-refractivity contribution in [2.24, 2.45) is 10.7 Å². The second-order valence-electron chi connectivity index (χ2n) is 6.02. The zero-order valence-corrected chi connectivity index (χ0v) is 13.9. The molecule has 2 rings (SSSR count). The lowest BCUT2D eigenvalue weighted by Gasteiger charge is -2.24. The summed E-state index contributed by atoms with van der Waals surface area (Å²) in [4.78, 5) is 15.8. The third-order valence-electron chi connectivity index (χ3n) is 3.91. The molecular formula is C17H26N4O2. The summed E-state index contributed by atoms with van der Waals surface area (Å²) in [6, 6.07) is 7.23. The van der Waals surface area contributed by atoms with Crippen molar-refractivity contribution in [2.45, 2.75) is 38.8 Å². The minimum Gasteiger partial charge on any atom is -0.373 e. The van der Waals surface area contributed by atoms with E-state index >= 15 is 0 Å². The number of rotatable bonds is 6. The molecule has 6 heteroatoms. The molecule has 0 radical (unpaired) electrons. The highest BCUT2D eigenvalue weighted by Crippen LogP contribution is 2.23. The number of hydrogen-bond donors (Lipinski definition) is 3. The van der Waals surface area contributed by atoms with Gasteiger partial charge in [-0.3, -0.25) is 4.79 Å². The molecule has 0 spiro atoms. The third kappa shape index (κ3) is 5.25. The fraction of sp³-hybridized carbons (Fsp3) is 0.529. The van der Waals surface area contributed by atoms with Crippen LogP contribution in [0.4, 0.5) is 0 Å². The van der Waals surface area contributed by atoms with Gasteiger partial charge in [0.05, 0.1) is 12.1 Å². The maximum atomic E-state index is 11.2. The van der Waals surface area contributed by atoms with E-state index in [2.05, 4.69) is 22.5 Å². The summed E-state index contributed by atoms with van der Waals surface area (Å²) >= 11 is 0. The van der Waals surface area contributed by atoms with Gasteiger partial charge in [0.15, 0.2) is 5.96 Å². The summed E-state index contributed by atoms with van der Waals surface area (Å²) in [5.74, 6) is 0.320. The van der Waals surface area contributed by atoms with E-state index in [4.69, 9.17) is 10.5 Å². The molecule has 1 heterocycles. The number of nitrogens with zero attached hydrogens (tertiary/aromatic N) is 1. The molecule has 1 saturated heterocycles. The van der Waals surface area contributed by atoms with Gasteiger partial charge in [0.25, 0.3) is 0 Å². The van der Waals surface area contributed by atoms with E-state index in [0.29, 0.717) is 12.1 Å². The number of aliphatic imine (C=N–C) groups is 1. The van der Waals surface area contributed by atoms with Crippen LogP contribution in [0.3, 0.4) is 0 Å². The van der Waals surface area contributed by atoms with Crippen molar-refractivity contribution in [3.63, 3.8) is 0 Å². The fourth-order valence-corrected chi connectivity index (χ4v) is 2.58. The monoisotopic (exact) mass is 318 g/mol. The number of carbonyl (C=O) groups is 1. The van der Waals surface area contributed by atoms with Gasteiger partial charge in [-0.25, -0.2) is 4.99 Å². The van der Waals surface area contributed by atoms with Gasteiger partial charge in [-0.2, -0.15) is 0 Å². The molecule has 1 aromatic carbocycles. The van der Waals surface area contributed by atoms with Crippen molar-refractivity contribution in [2.75, 3.05) is 19.7 Å². The van der Waals surface area contributed by atoms with E-state index < -0.39 is 5.91 Å².